The first-order valence-electron chi connectivity index (χ1n) is 5.67. The van der Waals surface area contributed by atoms with E-state index in [4.69, 9.17) is 0 Å². The van der Waals surface area contributed by atoms with Crippen LogP contribution in [0.3, 0.4) is 0 Å². The fourth-order valence-electron chi connectivity index (χ4n) is 1.48. The summed E-state index contributed by atoms with van der Waals surface area (Å²) in [5.41, 5.74) is 1.12. The molecule has 1 aromatic heterocycles. The molecule has 1 heterocycles. The fraction of sp³-hybridized carbons (Fsp3) is 0.700. The largest absolute Gasteiger partial charge is 0.333 e. The Hall–Kier alpha value is -0.920. The van der Waals surface area contributed by atoms with Crippen molar-refractivity contribution in [3.63, 3.8) is 0 Å². The van der Waals surface area contributed by atoms with Gasteiger partial charge in [-0.3, -0.25) is 0 Å². The predicted molar refractivity (Wildman–Crippen MR) is 67.1 cm³/mol. The monoisotopic (exact) mass is 260 g/mol. The lowest BCUT2D eigenvalue weighted by molar-refractivity contribution is 0.574. The minimum Gasteiger partial charge on any atom is -0.333 e. The summed E-state index contributed by atoms with van der Waals surface area (Å²) in [7, 11) is -3.08. The molecule has 0 saturated heterocycles. The number of nitrogens with zero attached hydrogens (tertiary/aromatic N) is 2. The van der Waals surface area contributed by atoms with E-state index in [-0.39, 0.29) is 0 Å². The molecule has 0 spiro atoms. The Labute approximate surface area is 102 Å². The zero-order chi connectivity index (χ0) is 12.7. The number of nitrogens with one attached hydrogen (secondary N) is 2. The Kier molecular flexibility index (Phi) is 5.60. The van der Waals surface area contributed by atoms with Crippen LogP contribution < -0.4 is 10.0 Å². The van der Waals surface area contributed by atoms with E-state index in [2.05, 4.69) is 26.5 Å². The molecule has 0 saturated carbocycles. The van der Waals surface area contributed by atoms with E-state index in [1.54, 1.807) is 0 Å². The van der Waals surface area contributed by atoms with Gasteiger partial charge in [-0.2, -0.15) is 0 Å². The maximum atomic E-state index is 10.8. The first kappa shape index (κ1) is 14.1. The van der Waals surface area contributed by atoms with Crippen molar-refractivity contribution in [3.8, 4) is 0 Å². The second kappa shape index (κ2) is 6.73. The van der Waals surface area contributed by atoms with Crippen LogP contribution in [0.25, 0.3) is 0 Å². The van der Waals surface area contributed by atoms with Crippen molar-refractivity contribution in [2.45, 2.75) is 26.4 Å². The van der Waals surface area contributed by atoms with Crippen LogP contribution >= 0.6 is 0 Å². The fourth-order valence-corrected chi connectivity index (χ4v) is 1.95. The quantitative estimate of drug-likeness (QED) is 0.642. The maximum Gasteiger partial charge on any atom is 0.208 e. The van der Waals surface area contributed by atoms with Gasteiger partial charge in [0, 0.05) is 32.4 Å². The molecule has 6 nitrogen and oxygen atoms in total. The molecule has 0 unspecified atom stereocenters. The topological polar surface area (TPSA) is 76.0 Å². The van der Waals surface area contributed by atoms with E-state index in [0.29, 0.717) is 19.6 Å². The third-order valence-electron chi connectivity index (χ3n) is 2.24. The minimum atomic E-state index is -3.08. The average Bonchev–Trinajstić information content (AvgIpc) is 2.64. The van der Waals surface area contributed by atoms with Crippen molar-refractivity contribution >= 4 is 10.0 Å². The number of aryl methyl sites for hydroxylation is 1. The highest BCUT2D eigenvalue weighted by Crippen LogP contribution is 1.99. The average molecular weight is 260 g/mol. The van der Waals surface area contributed by atoms with Gasteiger partial charge >= 0.3 is 0 Å². The number of aromatic nitrogens is 2. The smallest absolute Gasteiger partial charge is 0.208 e. The van der Waals surface area contributed by atoms with Crippen LogP contribution in [0.4, 0.5) is 0 Å². The van der Waals surface area contributed by atoms with Crippen molar-refractivity contribution in [1.29, 1.82) is 0 Å². The summed E-state index contributed by atoms with van der Waals surface area (Å²) in [4.78, 5) is 4.09. The van der Waals surface area contributed by atoms with Gasteiger partial charge in [0.1, 0.15) is 0 Å². The maximum absolute atomic E-state index is 10.8. The van der Waals surface area contributed by atoms with Crippen LogP contribution in [0.5, 0.6) is 0 Å². The number of imidazole rings is 1. The lowest BCUT2D eigenvalue weighted by Gasteiger charge is -2.08. The Morgan fingerprint density at radius 3 is 2.82 bits per heavy atom. The van der Waals surface area contributed by atoms with Gasteiger partial charge < -0.3 is 9.88 Å². The van der Waals surface area contributed by atoms with Crippen molar-refractivity contribution < 1.29 is 8.42 Å². The number of rotatable bonds is 8. The zero-order valence-corrected chi connectivity index (χ0v) is 11.1. The molecular formula is C10H20N4O2S. The highest BCUT2D eigenvalue weighted by Gasteiger charge is 2.01. The van der Waals surface area contributed by atoms with E-state index in [1.807, 2.05) is 12.5 Å². The van der Waals surface area contributed by atoms with Crippen molar-refractivity contribution in [1.82, 2.24) is 19.6 Å². The summed E-state index contributed by atoms with van der Waals surface area (Å²) in [5.74, 6) is 0. The molecule has 0 bridgehead atoms. The Bertz CT molecular complexity index is 427. The van der Waals surface area contributed by atoms with Gasteiger partial charge in [0.25, 0.3) is 0 Å². The van der Waals surface area contributed by atoms with E-state index >= 15 is 0 Å². The molecule has 0 aromatic carbocycles. The normalized spacial score (nSPS) is 11.9. The molecule has 0 aliphatic rings. The van der Waals surface area contributed by atoms with Crippen LogP contribution in [0.15, 0.2) is 12.5 Å². The molecular weight excluding hydrogens is 240 g/mol. The summed E-state index contributed by atoms with van der Waals surface area (Å²) >= 11 is 0. The molecule has 98 valence electrons. The lowest BCUT2D eigenvalue weighted by atomic mass is 10.4. The molecule has 0 atom stereocenters. The Morgan fingerprint density at radius 2 is 2.18 bits per heavy atom. The number of sulfonamides is 1. The van der Waals surface area contributed by atoms with Gasteiger partial charge in [0.05, 0.1) is 18.3 Å². The van der Waals surface area contributed by atoms with Crippen molar-refractivity contribution in [2.75, 3.05) is 19.3 Å². The summed E-state index contributed by atoms with van der Waals surface area (Å²) in [6.07, 6.45) is 5.87. The van der Waals surface area contributed by atoms with Crippen molar-refractivity contribution in [3.05, 3.63) is 18.2 Å². The Balaban J connectivity index is 2.24. The summed E-state index contributed by atoms with van der Waals surface area (Å²) in [6.45, 7) is 4.78. The summed E-state index contributed by atoms with van der Waals surface area (Å²) in [5, 5.41) is 3.17. The highest BCUT2D eigenvalue weighted by molar-refractivity contribution is 7.88. The van der Waals surface area contributed by atoms with E-state index in [9.17, 15) is 8.42 Å². The molecule has 2 N–H and O–H groups in total. The molecule has 0 amide bonds. The van der Waals surface area contributed by atoms with Gasteiger partial charge in [0.2, 0.25) is 10.0 Å². The third-order valence-corrected chi connectivity index (χ3v) is 2.96. The first-order valence-corrected chi connectivity index (χ1v) is 7.56. The second-order valence-corrected chi connectivity index (χ2v) is 5.75. The molecule has 0 aliphatic carbocycles. The summed E-state index contributed by atoms with van der Waals surface area (Å²) < 4.78 is 26.1. The predicted octanol–water partition coefficient (Wildman–Crippen LogP) is -0.0681. The van der Waals surface area contributed by atoms with Crippen LogP contribution in [0.2, 0.25) is 0 Å². The van der Waals surface area contributed by atoms with Gasteiger partial charge in [-0.05, 0) is 6.42 Å². The van der Waals surface area contributed by atoms with Gasteiger partial charge in [0.15, 0.2) is 0 Å². The molecule has 0 fully saturated rings. The van der Waals surface area contributed by atoms with E-state index in [0.717, 1.165) is 24.9 Å². The van der Waals surface area contributed by atoms with Crippen LogP contribution in [-0.4, -0.2) is 37.3 Å². The molecule has 1 rings (SSSR count). The summed E-state index contributed by atoms with van der Waals surface area (Å²) in [6, 6.07) is 0. The third kappa shape index (κ3) is 5.81. The van der Waals surface area contributed by atoms with Gasteiger partial charge in [-0.1, -0.05) is 6.92 Å². The van der Waals surface area contributed by atoms with Gasteiger partial charge in [-0.25, -0.2) is 18.1 Å². The van der Waals surface area contributed by atoms with Crippen LogP contribution in [0, 0.1) is 0 Å². The Morgan fingerprint density at radius 1 is 1.41 bits per heavy atom. The molecule has 7 heteroatoms. The number of hydrogen-bond donors (Lipinski definition) is 2. The zero-order valence-electron chi connectivity index (χ0n) is 10.3. The number of hydrogen-bond acceptors (Lipinski definition) is 4. The first-order chi connectivity index (χ1) is 8.03. The second-order valence-electron chi connectivity index (χ2n) is 3.92. The van der Waals surface area contributed by atoms with Crippen LogP contribution in [-0.2, 0) is 23.1 Å². The lowest BCUT2D eigenvalue weighted by Crippen LogP contribution is -2.31. The van der Waals surface area contributed by atoms with E-state index in [1.165, 1.54) is 0 Å². The van der Waals surface area contributed by atoms with Crippen molar-refractivity contribution in [2.24, 2.45) is 0 Å². The van der Waals surface area contributed by atoms with Gasteiger partial charge in [-0.15, -0.1) is 0 Å². The minimum absolute atomic E-state index is 0.404. The van der Waals surface area contributed by atoms with Crippen LogP contribution in [0.1, 0.15) is 19.0 Å². The standard InChI is InChI=1S/C10H20N4O2S/c1-3-6-14-9-12-8-10(14)7-11-4-5-13-17(2,15)16/h8-9,11,13H,3-7H2,1-2H3. The highest BCUT2D eigenvalue weighted by atomic mass is 32.2. The molecule has 0 radical (unpaired) electrons. The SMILES string of the molecule is CCCn1cncc1CNCCNS(C)(=O)=O. The molecule has 1 aromatic rings. The molecule has 17 heavy (non-hydrogen) atoms. The molecule has 0 aliphatic heterocycles. The van der Waals surface area contributed by atoms with E-state index < -0.39 is 10.0 Å².